The maximum absolute atomic E-state index is 5.35. The average molecular weight is 208 g/mol. The molecule has 0 aromatic heterocycles. The molecule has 0 saturated heterocycles. The molecule has 0 bridgehead atoms. The highest BCUT2D eigenvalue weighted by atomic mass is 14.9. The summed E-state index contributed by atoms with van der Waals surface area (Å²) >= 11 is 0. The fourth-order valence-electron chi connectivity index (χ4n) is 1.31. The first-order valence-electron chi connectivity index (χ1n) is 5.69. The second kappa shape index (κ2) is 9.69. The van der Waals surface area contributed by atoms with E-state index in [2.05, 4.69) is 19.2 Å². The highest BCUT2D eigenvalue weighted by Gasteiger charge is 1.94. The van der Waals surface area contributed by atoms with Gasteiger partial charge in [0.15, 0.2) is 0 Å². The summed E-state index contributed by atoms with van der Waals surface area (Å²) in [5.74, 6) is 0. The summed E-state index contributed by atoms with van der Waals surface area (Å²) < 4.78 is 0. The molecule has 0 atom stereocenters. The minimum absolute atomic E-state index is 0.640. The fourth-order valence-corrected chi connectivity index (χ4v) is 1.31. The van der Waals surface area contributed by atoms with Crippen LogP contribution in [-0.4, -0.2) is 13.1 Å². The Bertz CT molecular complexity index is 212. The van der Waals surface area contributed by atoms with Gasteiger partial charge in [-0.2, -0.15) is 0 Å². The smallest absolute Gasteiger partial charge is 0.0178 e. The zero-order chi connectivity index (χ0) is 11.5. The van der Waals surface area contributed by atoms with Gasteiger partial charge in [0.1, 0.15) is 0 Å². The third-order valence-electron chi connectivity index (χ3n) is 2.47. The summed E-state index contributed by atoms with van der Waals surface area (Å²) in [6.45, 7) is 5.04. The van der Waals surface area contributed by atoms with Crippen molar-refractivity contribution in [2.24, 2.45) is 5.73 Å². The fraction of sp³-hybridized carbons (Fsp3) is 0.538. The first kappa shape index (κ1) is 14.1. The topological polar surface area (TPSA) is 38.0 Å². The Morgan fingerprint density at radius 1 is 1.13 bits per heavy atom. The number of benzene rings is 1. The van der Waals surface area contributed by atoms with Crippen LogP contribution >= 0.6 is 0 Å². The Morgan fingerprint density at radius 3 is 1.87 bits per heavy atom. The molecule has 3 N–H and O–H groups in total. The van der Waals surface area contributed by atoms with Gasteiger partial charge in [-0.05, 0) is 25.5 Å². The molecule has 0 fully saturated rings. The number of nitrogens with two attached hydrogens (primary N) is 1. The third kappa shape index (κ3) is 7.11. The van der Waals surface area contributed by atoms with Crippen molar-refractivity contribution in [1.29, 1.82) is 0 Å². The second-order valence-electron chi connectivity index (χ2n) is 3.49. The molecule has 0 radical (unpaired) electrons. The first-order chi connectivity index (χ1) is 7.28. The molecule has 0 spiro atoms. The molecule has 0 unspecified atom stereocenters. The number of hydrogen-bond acceptors (Lipinski definition) is 2. The van der Waals surface area contributed by atoms with E-state index in [4.69, 9.17) is 5.73 Å². The predicted molar refractivity (Wildman–Crippen MR) is 67.8 cm³/mol. The molecule has 0 saturated carbocycles. The summed E-state index contributed by atoms with van der Waals surface area (Å²) in [5.41, 5.74) is 6.54. The van der Waals surface area contributed by atoms with Gasteiger partial charge in [0.05, 0.1) is 0 Å². The zero-order valence-electron chi connectivity index (χ0n) is 10.2. The van der Waals surface area contributed by atoms with Gasteiger partial charge in [0, 0.05) is 12.6 Å². The SMILES string of the molecule is CCC(CC)NC.NCc1ccccc1. The van der Waals surface area contributed by atoms with Crippen molar-refractivity contribution in [2.45, 2.75) is 39.3 Å². The number of nitrogens with one attached hydrogen (secondary N) is 1. The van der Waals surface area contributed by atoms with E-state index >= 15 is 0 Å². The summed E-state index contributed by atoms with van der Waals surface area (Å²) in [5, 5.41) is 3.20. The normalized spacial score (nSPS) is 9.67. The van der Waals surface area contributed by atoms with E-state index in [1.807, 2.05) is 37.4 Å². The van der Waals surface area contributed by atoms with Crippen LogP contribution in [0.4, 0.5) is 0 Å². The molecule has 0 heterocycles. The van der Waals surface area contributed by atoms with Crippen LogP contribution in [0.2, 0.25) is 0 Å². The molecule has 0 amide bonds. The van der Waals surface area contributed by atoms with Crippen LogP contribution in [0.15, 0.2) is 30.3 Å². The van der Waals surface area contributed by atoms with Crippen molar-refractivity contribution in [2.75, 3.05) is 7.05 Å². The van der Waals surface area contributed by atoms with Crippen LogP contribution < -0.4 is 11.1 Å². The van der Waals surface area contributed by atoms with Crippen molar-refractivity contribution in [3.8, 4) is 0 Å². The van der Waals surface area contributed by atoms with Crippen LogP contribution in [0.1, 0.15) is 32.3 Å². The highest BCUT2D eigenvalue weighted by molar-refractivity contribution is 5.13. The van der Waals surface area contributed by atoms with E-state index in [0.29, 0.717) is 6.54 Å². The lowest BCUT2D eigenvalue weighted by molar-refractivity contribution is 0.531. The molecule has 0 aliphatic rings. The third-order valence-corrected chi connectivity index (χ3v) is 2.47. The van der Waals surface area contributed by atoms with Crippen molar-refractivity contribution in [3.63, 3.8) is 0 Å². The van der Waals surface area contributed by atoms with Crippen LogP contribution in [0.5, 0.6) is 0 Å². The molecule has 86 valence electrons. The van der Waals surface area contributed by atoms with E-state index in [1.54, 1.807) is 0 Å². The van der Waals surface area contributed by atoms with Gasteiger partial charge < -0.3 is 11.1 Å². The van der Waals surface area contributed by atoms with E-state index in [-0.39, 0.29) is 0 Å². The van der Waals surface area contributed by atoms with Crippen molar-refractivity contribution < 1.29 is 0 Å². The van der Waals surface area contributed by atoms with Crippen LogP contribution in [0, 0.1) is 0 Å². The molecule has 0 aliphatic carbocycles. The predicted octanol–water partition coefficient (Wildman–Crippen LogP) is 2.54. The lowest BCUT2D eigenvalue weighted by Gasteiger charge is -2.08. The molecular formula is C13H24N2. The van der Waals surface area contributed by atoms with E-state index in [9.17, 15) is 0 Å². The lowest BCUT2D eigenvalue weighted by atomic mass is 10.2. The van der Waals surface area contributed by atoms with Crippen molar-refractivity contribution >= 4 is 0 Å². The molecule has 1 aromatic carbocycles. The van der Waals surface area contributed by atoms with Crippen LogP contribution in [0.25, 0.3) is 0 Å². The van der Waals surface area contributed by atoms with Gasteiger partial charge in [-0.15, -0.1) is 0 Å². The van der Waals surface area contributed by atoms with Gasteiger partial charge in [-0.3, -0.25) is 0 Å². The quantitative estimate of drug-likeness (QED) is 0.798. The summed E-state index contributed by atoms with van der Waals surface area (Å²) in [6, 6.07) is 10.7. The van der Waals surface area contributed by atoms with E-state index < -0.39 is 0 Å². The minimum atomic E-state index is 0.640. The van der Waals surface area contributed by atoms with Gasteiger partial charge in [0.25, 0.3) is 0 Å². The minimum Gasteiger partial charge on any atom is -0.326 e. The second-order valence-corrected chi connectivity index (χ2v) is 3.49. The highest BCUT2D eigenvalue weighted by Crippen LogP contribution is 1.94. The maximum atomic E-state index is 5.35. The molecule has 2 nitrogen and oxygen atoms in total. The van der Waals surface area contributed by atoms with Gasteiger partial charge in [-0.25, -0.2) is 0 Å². The first-order valence-corrected chi connectivity index (χ1v) is 5.69. The number of hydrogen-bond donors (Lipinski definition) is 2. The van der Waals surface area contributed by atoms with Gasteiger partial charge in [0.2, 0.25) is 0 Å². The Balaban J connectivity index is 0.000000265. The Hall–Kier alpha value is -0.860. The average Bonchev–Trinajstić information content (AvgIpc) is 2.33. The van der Waals surface area contributed by atoms with Crippen molar-refractivity contribution in [1.82, 2.24) is 5.32 Å². The Morgan fingerprint density at radius 2 is 1.67 bits per heavy atom. The van der Waals surface area contributed by atoms with Crippen molar-refractivity contribution in [3.05, 3.63) is 35.9 Å². The van der Waals surface area contributed by atoms with Gasteiger partial charge in [-0.1, -0.05) is 44.2 Å². The summed E-state index contributed by atoms with van der Waals surface area (Å²) in [4.78, 5) is 0. The monoisotopic (exact) mass is 208 g/mol. The van der Waals surface area contributed by atoms with Gasteiger partial charge >= 0.3 is 0 Å². The van der Waals surface area contributed by atoms with E-state index in [1.165, 1.54) is 18.4 Å². The molecule has 1 aromatic rings. The number of rotatable bonds is 4. The lowest BCUT2D eigenvalue weighted by Crippen LogP contribution is -2.22. The Kier molecular flexibility index (Phi) is 9.13. The largest absolute Gasteiger partial charge is 0.326 e. The summed E-state index contributed by atoms with van der Waals surface area (Å²) in [6.07, 6.45) is 2.49. The standard InChI is InChI=1S/C7H9N.C6H15N/c8-6-7-4-2-1-3-5-7;1-4-6(5-2)7-3/h1-5H,6,8H2;6-7H,4-5H2,1-3H3. The zero-order valence-corrected chi connectivity index (χ0v) is 10.2. The summed E-state index contributed by atoms with van der Waals surface area (Å²) in [7, 11) is 2.01. The van der Waals surface area contributed by atoms with Crippen LogP contribution in [-0.2, 0) is 6.54 Å². The molecule has 2 heteroatoms. The van der Waals surface area contributed by atoms with E-state index in [0.717, 1.165) is 6.04 Å². The maximum Gasteiger partial charge on any atom is 0.0178 e. The molecule has 15 heavy (non-hydrogen) atoms. The molecule has 1 rings (SSSR count). The molecule has 0 aliphatic heterocycles. The Labute approximate surface area is 93.9 Å². The van der Waals surface area contributed by atoms with Crippen LogP contribution in [0.3, 0.4) is 0 Å². The molecular weight excluding hydrogens is 184 g/mol.